The van der Waals surface area contributed by atoms with Gasteiger partial charge in [0.1, 0.15) is 0 Å². The second kappa shape index (κ2) is 4.01. The van der Waals surface area contributed by atoms with Gasteiger partial charge < -0.3 is 10.1 Å². The second-order valence-electron chi connectivity index (χ2n) is 5.41. The van der Waals surface area contributed by atoms with Crippen LogP contribution in [0.2, 0.25) is 0 Å². The molecular formula is C13H21NO. The molecule has 2 nitrogen and oxygen atoms in total. The zero-order chi connectivity index (χ0) is 10.9. The largest absolute Gasteiger partial charge is 0.387 e. The Kier molecular flexibility index (Phi) is 2.87. The van der Waals surface area contributed by atoms with E-state index in [1.165, 1.54) is 19.3 Å². The molecule has 0 saturated heterocycles. The molecule has 1 saturated carbocycles. The summed E-state index contributed by atoms with van der Waals surface area (Å²) in [6.45, 7) is 4.56. The van der Waals surface area contributed by atoms with E-state index in [1.807, 2.05) is 18.3 Å². The van der Waals surface area contributed by atoms with Crippen molar-refractivity contribution in [3.05, 3.63) is 24.0 Å². The van der Waals surface area contributed by atoms with Crippen molar-refractivity contribution in [1.82, 2.24) is 4.98 Å². The number of aromatic amines is 1. The van der Waals surface area contributed by atoms with Crippen molar-refractivity contribution in [1.29, 1.82) is 0 Å². The highest BCUT2D eigenvalue weighted by molar-refractivity contribution is 5.09. The number of nitrogens with one attached hydrogen (secondary N) is 1. The Morgan fingerprint density at radius 1 is 1.47 bits per heavy atom. The van der Waals surface area contributed by atoms with Gasteiger partial charge in [-0.25, -0.2) is 0 Å². The molecule has 0 bridgehead atoms. The average molecular weight is 207 g/mol. The molecule has 0 spiro atoms. The van der Waals surface area contributed by atoms with Crippen molar-refractivity contribution in [2.75, 3.05) is 0 Å². The van der Waals surface area contributed by atoms with Crippen molar-refractivity contribution in [2.45, 2.75) is 45.6 Å². The SMILES string of the molecule is CC1(C)CCCCC1C(O)c1ccc[nH]1. The van der Waals surface area contributed by atoms with Crippen LogP contribution in [-0.2, 0) is 0 Å². The summed E-state index contributed by atoms with van der Waals surface area (Å²) < 4.78 is 0. The molecule has 1 heterocycles. The molecule has 0 aromatic carbocycles. The Hall–Kier alpha value is -0.760. The third kappa shape index (κ3) is 2.10. The standard InChI is InChI=1S/C13H21NO/c1-13(2)8-4-3-6-10(13)12(15)11-7-5-9-14-11/h5,7,9-10,12,14-15H,3-4,6,8H2,1-2H3. The minimum atomic E-state index is -0.324. The van der Waals surface area contributed by atoms with Crippen LogP contribution in [0.4, 0.5) is 0 Å². The maximum atomic E-state index is 10.3. The van der Waals surface area contributed by atoms with Crippen LogP contribution >= 0.6 is 0 Å². The zero-order valence-electron chi connectivity index (χ0n) is 9.66. The van der Waals surface area contributed by atoms with E-state index in [0.29, 0.717) is 5.92 Å². The van der Waals surface area contributed by atoms with E-state index in [0.717, 1.165) is 12.1 Å². The number of hydrogen-bond acceptors (Lipinski definition) is 1. The fourth-order valence-corrected chi connectivity index (χ4v) is 2.85. The van der Waals surface area contributed by atoms with Crippen molar-refractivity contribution < 1.29 is 5.11 Å². The van der Waals surface area contributed by atoms with Crippen molar-refractivity contribution in [3.8, 4) is 0 Å². The lowest BCUT2D eigenvalue weighted by atomic mass is 9.66. The highest BCUT2D eigenvalue weighted by atomic mass is 16.3. The van der Waals surface area contributed by atoms with Gasteiger partial charge in [-0.05, 0) is 36.3 Å². The van der Waals surface area contributed by atoms with Crippen LogP contribution in [0.15, 0.2) is 18.3 Å². The van der Waals surface area contributed by atoms with Crippen LogP contribution < -0.4 is 0 Å². The summed E-state index contributed by atoms with van der Waals surface area (Å²) in [7, 11) is 0. The molecule has 0 radical (unpaired) electrons. The number of aliphatic hydroxyl groups excluding tert-OH is 1. The van der Waals surface area contributed by atoms with Crippen LogP contribution in [0.5, 0.6) is 0 Å². The predicted octanol–water partition coefficient (Wildman–Crippen LogP) is 3.26. The third-order valence-corrected chi connectivity index (χ3v) is 3.91. The van der Waals surface area contributed by atoms with Crippen LogP contribution in [0.1, 0.15) is 51.3 Å². The fraction of sp³-hybridized carbons (Fsp3) is 0.692. The van der Waals surface area contributed by atoms with E-state index in [-0.39, 0.29) is 11.5 Å². The molecule has 2 atom stereocenters. The monoisotopic (exact) mass is 207 g/mol. The van der Waals surface area contributed by atoms with Gasteiger partial charge in [0, 0.05) is 11.9 Å². The first kappa shape index (κ1) is 10.7. The first-order chi connectivity index (χ1) is 7.11. The number of aliphatic hydroxyl groups is 1. The maximum Gasteiger partial charge on any atom is 0.0970 e. The van der Waals surface area contributed by atoms with Gasteiger partial charge in [-0.2, -0.15) is 0 Å². The molecule has 0 aliphatic heterocycles. The van der Waals surface area contributed by atoms with E-state index in [2.05, 4.69) is 18.8 Å². The lowest BCUT2D eigenvalue weighted by Gasteiger charge is -2.41. The first-order valence-electron chi connectivity index (χ1n) is 5.92. The molecule has 2 unspecified atom stereocenters. The number of hydrogen-bond donors (Lipinski definition) is 2. The summed E-state index contributed by atoms with van der Waals surface area (Å²) in [5.41, 5.74) is 1.23. The quantitative estimate of drug-likeness (QED) is 0.767. The van der Waals surface area contributed by atoms with Gasteiger partial charge >= 0.3 is 0 Å². The minimum absolute atomic E-state index is 0.267. The van der Waals surface area contributed by atoms with E-state index < -0.39 is 0 Å². The van der Waals surface area contributed by atoms with Crippen molar-refractivity contribution >= 4 is 0 Å². The van der Waals surface area contributed by atoms with Crippen LogP contribution in [0.25, 0.3) is 0 Å². The lowest BCUT2D eigenvalue weighted by Crippen LogP contribution is -2.32. The number of rotatable bonds is 2. The molecule has 1 aromatic heterocycles. The van der Waals surface area contributed by atoms with Gasteiger partial charge in [0.05, 0.1) is 6.10 Å². The molecule has 84 valence electrons. The molecule has 1 aliphatic rings. The number of H-pyrrole nitrogens is 1. The summed E-state index contributed by atoms with van der Waals surface area (Å²) in [5.74, 6) is 0.393. The maximum absolute atomic E-state index is 10.3. The Morgan fingerprint density at radius 3 is 2.87 bits per heavy atom. The summed E-state index contributed by atoms with van der Waals surface area (Å²) in [6.07, 6.45) is 6.50. The van der Waals surface area contributed by atoms with Gasteiger partial charge in [-0.1, -0.05) is 26.7 Å². The number of aromatic nitrogens is 1. The molecule has 1 fully saturated rings. The van der Waals surface area contributed by atoms with Crippen LogP contribution in [0, 0.1) is 11.3 Å². The molecule has 0 amide bonds. The van der Waals surface area contributed by atoms with Gasteiger partial charge in [0.2, 0.25) is 0 Å². The predicted molar refractivity (Wildman–Crippen MR) is 61.5 cm³/mol. The topological polar surface area (TPSA) is 36.0 Å². The van der Waals surface area contributed by atoms with Crippen LogP contribution in [0.3, 0.4) is 0 Å². The van der Waals surface area contributed by atoms with Crippen molar-refractivity contribution in [3.63, 3.8) is 0 Å². The molecular weight excluding hydrogens is 186 g/mol. The highest BCUT2D eigenvalue weighted by Gasteiger charge is 2.37. The molecule has 2 heteroatoms. The van der Waals surface area contributed by atoms with Gasteiger partial charge in [-0.15, -0.1) is 0 Å². The van der Waals surface area contributed by atoms with Gasteiger partial charge in [0.15, 0.2) is 0 Å². The normalized spacial score (nSPS) is 27.5. The Morgan fingerprint density at radius 2 is 2.27 bits per heavy atom. The lowest BCUT2D eigenvalue weighted by molar-refractivity contribution is 0.00175. The Balaban J connectivity index is 2.15. The Bertz CT molecular complexity index is 302. The zero-order valence-corrected chi connectivity index (χ0v) is 9.66. The Labute approximate surface area is 91.7 Å². The van der Waals surface area contributed by atoms with Crippen molar-refractivity contribution in [2.24, 2.45) is 11.3 Å². The highest BCUT2D eigenvalue weighted by Crippen LogP contribution is 2.46. The van der Waals surface area contributed by atoms with E-state index in [1.54, 1.807) is 0 Å². The molecule has 1 aromatic rings. The molecule has 15 heavy (non-hydrogen) atoms. The molecule has 2 N–H and O–H groups in total. The second-order valence-corrected chi connectivity index (χ2v) is 5.41. The molecule has 2 rings (SSSR count). The summed E-state index contributed by atoms with van der Waals surface area (Å²) in [4.78, 5) is 3.12. The van der Waals surface area contributed by atoms with Crippen LogP contribution in [-0.4, -0.2) is 10.1 Å². The first-order valence-corrected chi connectivity index (χ1v) is 5.92. The summed E-state index contributed by atoms with van der Waals surface area (Å²) in [5, 5.41) is 10.3. The summed E-state index contributed by atoms with van der Waals surface area (Å²) >= 11 is 0. The van der Waals surface area contributed by atoms with E-state index in [9.17, 15) is 5.11 Å². The average Bonchev–Trinajstić information content (AvgIpc) is 2.69. The smallest absolute Gasteiger partial charge is 0.0970 e. The minimum Gasteiger partial charge on any atom is -0.387 e. The van der Waals surface area contributed by atoms with E-state index >= 15 is 0 Å². The molecule has 1 aliphatic carbocycles. The van der Waals surface area contributed by atoms with E-state index in [4.69, 9.17) is 0 Å². The third-order valence-electron chi connectivity index (χ3n) is 3.91. The summed E-state index contributed by atoms with van der Waals surface area (Å²) in [6, 6.07) is 3.93. The van der Waals surface area contributed by atoms with Gasteiger partial charge in [-0.3, -0.25) is 0 Å². The fourth-order valence-electron chi connectivity index (χ4n) is 2.85. The van der Waals surface area contributed by atoms with Gasteiger partial charge in [0.25, 0.3) is 0 Å².